The number of hydrogen-bond donors (Lipinski definition) is 4. The predicted molar refractivity (Wildman–Crippen MR) is 67.1 cm³/mol. The molecule has 6 nitrogen and oxygen atoms in total. The molecule has 94 valence electrons. The van der Waals surface area contributed by atoms with Crippen molar-refractivity contribution in [2.45, 2.75) is 19.1 Å². The van der Waals surface area contributed by atoms with Gasteiger partial charge < -0.3 is 15.9 Å². The Labute approximate surface area is 104 Å². The lowest BCUT2D eigenvalue weighted by Crippen LogP contribution is -2.21. The van der Waals surface area contributed by atoms with Gasteiger partial charge in [-0.1, -0.05) is 0 Å². The van der Waals surface area contributed by atoms with Crippen LogP contribution in [-0.4, -0.2) is 27.0 Å². The maximum absolute atomic E-state index is 10.7. The van der Waals surface area contributed by atoms with Gasteiger partial charge in [-0.2, -0.15) is 12.6 Å². The molecule has 0 aliphatic heterocycles. The van der Waals surface area contributed by atoms with E-state index in [1.54, 1.807) is 6.92 Å². The number of thiol groups is 1. The van der Waals surface area contributed by atoms with E-state index in [9.17, 15) is 20.3 Å². The molecule has 17 heavy (non-hydrogen) atoms. The monoisotopic (exact) mass is 258 g/mol. The zero-order chi connectivity index (χ0) is 13.2. The average molecular weight is 258 g/mol. The average Bonchev–Trinajstić information content (AvgIpc) is 2.29. The smallest absolute Gasteiger partial charge is 0.274 e. The van der Waals surface area contributed by atoms with Crippen LogP contribution >= 0.6 is 12.6 Å². The first-order chi connectivity index (χ1) is 7.88. The van der Waals surface area contributed by atoms with Crippen LogP contribution in [0.15, 0.2) is 12.1 Å². The molecule has 0 radical (unpaired) electrons. The van der Waals surface area contributed by atoms with E-state index in [2.05, 4.69) is 12.6 Å². The maximum atomic E-state index is 10.7. The molecular weight excluding hydrogens is 244 g/mol. The number of aliphatic hydroxyl groups is 2. The summed E-state index contributed by atoms with van der Waals surface area (Å²) in [7, 11) is 0. The Morgan fingerprint density at radius 2 is 2.12 bits per heavy atom. The Kier molecular flexibility index (Phi) is 4.33. The third kappa shape index (κ3) is 2.87. The zero-order valence-corrected chi connectivity index (χ0v) is 10.1. The Bertz CT molecular complexity index is 439. The fourth-order valence-electron chi connectivity index (χ4n) is 1.49. The Morgan fingerprint density at radius 1 is 1.53 bits per heavy atom. The minimum absolute atomic E-state index is 0.0661. The quantitative estimate of drug-likeness (QED) is 0.276. The number of nitro groups is 1. The summed E-state index contributed by atoms with van der Waals surface area (Å²) in [5.41, 5.74) is 6.24. The SMILES string of the molecule is Cc1cc(C(O)C(O)CS)c(N)cc1[N+](=O)[O-]. The number of nitrogens with zero attached hydrogens (tertiary/aromatic N) is 1. The van der Waals surface area contributed by atoms with Crippen molar-refractivity contribution in [1.82, 2.24) is 0 Å². The molecule has 7 heteroatoms. The molecule has 2 atom stereocenters. The van der Waals surface area contributed by atoms with Gasteiger partial charge in [-0.3, -0.25) is 10.1 Å². The van der Waals surface area contributed by atoms with Crippen LogP contribution in [0.5, 0.6) is 0 Å². The lowest BCUT2D eigenvalue weighted by atomic mass is 10.00. The van der Waals surface area contributed by atoms with Gasteiger partial charge in [0.1, 0.15) is 6.10 Å². The highest BCUT2D eigenvalue weighted by Gasteiger charge is 2.22. The van der Waals surface area contributed by atoms with Crippen molar-refractivity contribution in [1.29, 1.82) is 0 Å². The fraction of sp³-hybridized carbons (Fsp3) is 0.400. The van der Waals surface area contributed by atoms with Gasteiger partial charge in [-0.25, -0.2) is 0 Å². The molecule has 0 aromatic heterocycles. The number of rotatable bonds is 4. The highest BCUT2D eigenvalue weighted by Crippen LogP contribution is 2.30. The van der Waals surface area contributed by atoms with Crippen molar-refractivity contribution >= 4 is 24.0 Å². The molecule has 0 heterocycles. The summed E-state index contributed by atoms with van der Waals surface area (Å²) >= 11 is 3.86. The molecule has 0 bridgehead atoms. The van der Waals surface area contributed by atoms with Gasteiger partial charge in [0.05, 0.1) is 11.0 Å². The lowest BCUT2D eigenvalue weighted by Gasteiger charge is -2.18. The molecule has 1 rings (SSSR count). The van der Waals surface area contributed by atoms with Gasteiger partial charge in [0, 0.05) is 28.6 Å². The van der Waals surface area contributed by atoms with Crippen molar-refractivity contribution in [3.8, 4) is 0 Å². The molecule has 0 aliphatic carbocycles. The van der Waals surface area contributed by atoms with Crippen LogP contribution in [0, 0.1) is 17.0 Å². The van der Waals surface area contributed by atoms with Gasteiger partial charge >= 0.3 is 0 Å². The van der Waals surface area contributed by atoms with E-state index in [1.165, 1.54) is 12.1 Å². The topological polar surface area (TPSA) is 110 Å². The van der Waals surface area contributed by atoms with E-state index >= 15 is 0 Å². The van der Waals surface area contributed by atoms with Crippen molar-refractivity contribution in [2.75, 3.05) is 11.5 Å². The third-order valence-electron chi connectivity index (χ3n) is 2.47. The van der Waals surface area contributed by atoms with Crippen LogP contribution < -0.4 is 5.73 Å². The number of aryl methyl sites for hydroxylation is 1. The van der Waals surface area contributed by atoms with Crippen molar-refractivity contribution in [3.63, 3.8) is 0 Å². The largest absolute Gasteiger partial charge is 0.398 e. The van der Waals surface area contributed by atoms with Crippen LogP contribution in [0.2, 0.25) is 0 Å². The molecule has 0 amide bonds. The molecule has 4 N–H and O–H groups in total. The van der Waals surface area contributed by atoms with Gasteiger partial charge in [-0.15, -0.1) is 0 Å². The van der Waals surface area contributed by atoms with Crippen LogP contribution in [0.25, 0.3) is 0 Å². The molecule has 1 aromatic rings. The normalized spacial score (nSPS) is 14.4. The summed E-state index contributed by atoms with van der Waals surface area (Å²) in [6.45, 7) is 1.54. The van der Waals surface area contributed by atoms with E-state index < -0.39 is 17.1 Å². The van der Waals surface area contributed by atoms with E-state index in [-0.39, 0.29) is 22.7 Å². The molecule has 0 saturated carbocycles. The number of anilines is 1. The van der Waals surface area contributed by atoms with Crippen molar-refractivity contribution in [2.24, 2.45) is 0 Å². The first kappa shape index (κ1) is 13.8. The lowest BCUT2D eigenvalue weighted by molar-refractivity contribution is -0.385. The second-order valence-electron chi connectivity index (χ2n) is 3.72. The number of aliphatic hydroxyl groups excluding tert-OH is 2. The molecule has 0 fully saturated rings. The molecule has 0 saturated heterocycles. The Hall–Kier alpha value is -1.31. The van der Waals surface area contributed by atoms with Gasteiger partial charge in [0.15, 0.2) is 0 Å². The number of benzene rings is 1. The number of hydrogen-bond acceptors (Lipinski definition) is 6. The van der Waals surface area contributed by atoms with Gasteiger partial charge in [0.2, 0.25) is 0 Å². The predicted octanol–water partition coefficient (Wildman–Crippen LogP) is 0.810. The summed E-state index contributed by atoms with van der Waals surface area (Å²) in [6, 6.07) is 2.59. The minimum Gasteiger partial charge on any atom is -0.398 e. The molecule has 1 aromatic carbocycles. The maximum Gasteiger partial charge on any atom is 0.274 e. The summed E-state index contributed by atoms with van der Waals surface area (Å²) in [5, 5.41) is 29.9. The van der Waals surface area contributed by atoms with Crippen LogP contribution in [0.3, 0.4) is 0 Å². The summed E-state index contributed by atoms with van der Waals surface area (Å²) in [5.74, 6) is 0.0661. The van der Waals surface area contributed by atoms with E-state index in [0.29, 0.717) is 5.56 Å². The summed E-state index contributed by atoms with van der Waals surface area (Å²) in [4.78, 5) is 10.1. The van der Waals surface area contributed by atoms with Gasteiger partial charge in [0.25, 0.3) is 5.69 Å². The van der Waals surface area contributed by atoms with E-state index in [1.807, 2.05) is 0 Å². The summed E-state index contributed by atoms with van der Waals surface area (Å²) in [6.07, 6.45) is -2.27. The second-order valence-corrected chi connectivity index (χ2v) is 4.08. The first-order valence-corrected chi connectivity index (χ1v) is 5.53. The number of nitro benzene ring substituents is 1. The number of nitrogen functional groups attached to an aromatic ring is 1. The van der Waals surface area contributed by atoms with Crippen molar-refractivity contribution in [3.05, 3.63) is 33.4 Å². The van der Waals surface area contributed by atoms with Crippen LogP contribution in [0.4, 0.5) is 11.4 Å². The molecular formula is C10H14N2O4S. The highest BCUT2D eigenvalue weighted by molar-refractivity contribution is 7.80. The Morgan fingerprint density at radius 3 is 2.59 bits per heavy atom. The molecule has 0 spiro atoms. The van der Waals surface area contributed by atoms with Gasteiger partial charge in [-0.05, 0) is 13.0 Å². The Balaban J connectivity index is 3.20. The molecule has 0 aliphatic rings. The van der Waals surface area contributed by atoms with Crippen LogP contribution in [-0.2, 0) is 0 Å². The summed E-state index contributed by atoms with van der Waals surface area (Å²) < 4.78 is 0. The standard InChI is InChI=1S/C10H14N2O4S/c1-5-2-6(10(14)9(13)4-17)7(11)3-8(5)12(15)16/h2-3,9-10,13-14,17H,4,11H2,1H3. The fourth-order valence-corrected chi connectivity index (χ4v) is 1.69. The van der Waals surface area contributed by atoms with Crippen molar-refractivity contribution < 1.29 is 15.1 Å². The third-order valence-corrected chi connectivity index (χ3v) is 2.84. The first-order valence-electron chi connectivity index (χ1n) is 4.90. The molecule has 2 unspecified atom stereocenters. The van der Waals surface area contributed by atoms with Crippen LogP contribution in [0.1, 0.15) is 17.2 Å². The zero-order valence-electron chi connectivity index (χ0n) is 9.20. The van der Waals surface area contributed by atoms with E-state index in [0.717, 1.165) is 0 Å². The highest BCUT2D eigenvalue weighted by atomic mass is 32.1. The number of nitrogens with two attached hydrogens (primary N) is 1. The minimum atomic E-state index is -1.20. The second kappa shape index (κ2) is 5.35. The van der Waals surface area contributed by atoms with E-state index in [4.69, 9.17) is 5.73 Å².